The van der Waals surface area contributed by atoms with Gasteiger partial charge in [-0.1, -0.05) is 0 Å². The number of rotatable bonds is 5. The Morgan fingerprint density at radius 1 is 1.12 bits per heavy atom. The van der Waals surface area contributed by atoms with Gasteiger partial charge in [-0.2, -0.15) is 0 Å². The Balaban J connectivity index is 1.35. The number of carbonyl (C=O) groups excluding carboxylic acids is 1. The van der Waals surface area contributed by atoms with Gasteiger partial charge in [-0.25, -0.2) is 9.97 Å². The second-order valence-corrected chi connectivity index (χ2v) is 10.7. The molecule has 4 heterocycles. The molecule has 0 bridgehead atoms. The highest BCUT2D eigenvalue weighted by atomic mass is 16.2. The molecule has 0 saturated carbocycles. The number of pyridine rings is 1. The first-order chi connectivity index (χ1) is 15.2. The summed E-state index contributed by atoms with van der Waals surface area (Å²) in [6, 6.07) is 5.86. The molecule has 7 nitrogen and oxygen atoms in total. The minimum absolute atomic E-state index is 0.0711. The van der Waals surface area contributed by atoms with Crippen molar-refractivity contribution < 1.29 is 4.79 Å². The van der Waals surface area contributed by atoms with E-state index in [1.165, 1.54) is 0 Å². The van der Waals surface area contributed by atoms with Gasteiger partial charge in [-0.15, -0.1) is 0 Å². The van der Waals surface area contributed by atoms with E-state index in [1.807, 2.05) is 12.3 Å². The summed E-state index contributed by atoms with van der Waals surface area (Å²) in [6.07, 6.45) is 10.1. The van der Waals surface area contributed by atoms with Crippen LogP contribution in [-0.2, 0) is 4.79 Å². The molecule has 32 heavy (non-hydrogen) atoms. The fraction of sp³-hybridized carbons (Fsp3) is 0.600. The number of piperidine rings is 2. The van der Waals surface area contributed by atoms with Crippen molar-refractivity contribution in [2.24, 2.45) is 5.92 Å². The molecule has 172 valence electrons. The average molecular weight is 437 g/mol. The molecular weight excluding hydrogens is 400 g/mol. The molecular formula is C25H36N6O. The predicted octanol–water partition coefficient (Wildman–Crippen LogP) is 4.27. The van der Waals surface area contributed by atoms with Gasteiger partial charge in [0.15, 0.2) is 0 Å². The van der Waals surface area contributed by atoms with Gasteiger partial charge in [0.25, 0.3) is 0 Å². The van der Waals surface area contributed by atoms with E-state index in [2.05, 4.69) is 64.2 Å². The zero-order valence-electron chi connectivity index (χ0n) is 19.8. The molecule has 0 aliphatic carbocycles. The third-order valence-corrected chi connectivity index (χ3v) is 6.54. The highest BCUT2D eigenvalue weighted by molar-refractivity contribution is 5.76. The molecule has 2 aromatic rings. The van der Waals surface area contributed by atoms with E-state index in [0.29, 0.717) is 24.2 Å². The minimum atomic E-state index is 0.0711. The number of carbonyl (C=O) groups is 1. The van der Waals surface area contributed by atoms with Crippen LogP contribution in [0.15, 0.2) is 36.8 Å². The Hall–Kier alpha value is -2.54. The lowest BCUT2D eigenvalue weighted by atomic mass is 9.74. The van der Waals surface area contributed by atoms with Gasteiger partial charge in [0, 0.05) is 54.6 Å². The molecule has 2 fully saturated rings. The number of nitrogens with one attached hydrogen (secondary N) is 2. The Labute approximate surface area is 191 Å². The second kappa shape index (κ2) is 9.14. The van der Waals surface area contributed by atoms with Crippen molar-refractivity contribution in [3.8, 4) is 0 Å². The number of likely N-dealkylation sites (tertiary alicyclic amines) is 1. The van der Waals surface area contributed by atoms with E-state index >= 15 is 0 Å². The minimum Gasteiger partial charge on any atom is -0.342 e. The molecule has 1 amide bonds. The maximum atomic E-state index is 13.2. The molecule has 2 N–H and O–H groups in total. The van der Waals surface area contributed by atoms with Gasteiger partial charge in [0.2, 0.25) is 11.9 Å². The summed E-state index contributed by atoms with van der Waals surface area (Å²) < 4.78 is 0. The molecule has 2 aromatic heterocycles. The van der Waals surface area contributed by atoms with Gasteiger partial charge >= 0.3 is 0 Å². The normalized spacial score (nSPS) is 23.0. The Kier molecular flexibility index (Phi) is 6.47. The first kappa shape index (κ1) is 22.6. The van der Waals surface area contributed by atoms with Gasteiger partial charge < -0.3 is 15.5 Å². The van der Waals surface area contributed by atoms with E-state index in [4.69, 9.17) is 0 Å². The topological polar surface area (TPSA) is 83.0 Å². The number of anilines is 2. The number of amides is 1. The molecule has 0 radical (unpaired) electrons. The molecule has 2 saturated heterocycles. The fourth-order valence-corrected chi connectivity index (χ4v) is 5.71. The van der Waals surface area contributed by atoms with Crippen molar-refractivity contribution in [3.63, 3.8) is 0 Å². The van der Waals surface area contributed by atoms with Gasteiger partial charge in [-0.05, 0) is 77.5 Å². The van der Waals surface area contributed by atoms with Crippen LogP contribution < -0.4 is 10.6 Å². The molecule has 2 aliphatic rings. The van der Waals surface area contributed by atoms with Crippen LogP contribution in [0.2, 0.25) is 0 Å². The van der Waals surface area contributed by atoms with Crippen LogP contribution in [0.3, 0.4) is 0 Å². The number of aromatic nitrogens is 3. The van der Waals surface area contributed by atoms with Crippen molar-refractivity contribution in [1.82, 2.24) is 25.2 Å². The van der Waals surface area contributed by atoms with E-state index in [9.17, 15) is 4.79 Å². The molecule has 2 aliphatic heterocycles. The van der Waals surface area contributed by atoms with Crippen molar-refractivity contribution in [2.75, 3.05) is 18.4 Å². The lowest BCUT2D eigenvalue weighted by Crippen LogP contribution is -2.58. The molecule has 1 unspecified atom stereocenters. The summed E-state index contributed by atoms with van der Waals surface area (Å²) >= 11 is 0. The van der Waals surface area contributed by atoms with Crippen LogP contribution in [0.25, 0.3) is 0 Å². The van der Waals surface area contributed by atoms with Crippen molar-refractivity contribution >= 4 is 17.5 Å². The average Bonchev–Trinajstić information content (AvgIpc) is 2.73. The van der Waals surface area contributed by atoms with Crippen LogP contribution in [0, 0.1) is 5.92 Å². The molecule has 0 aromatic carbocycles. The molecule has 0 spiro atoms. The monoisotopic (exact) mass is 436 g/mol. The van der Waals surface area contributed by atoms with E-state index in [0.717, 1.165) is 50.2 Å². The number of hydrogen-bond donors (Lipinski definition) is 2. The summed E-state index contributed by atoms with van der Waals surface area (Å²) in [4.78, 5) is 28.3. The summed E-state index contributed by atoms with van der Waals surface area (Å²) in [5.74, 6) is 1.57. The van der Waals surface area contributed by atoms with Crippen LogP contribution in [0.1, 0.15) is 71.4 Å². The number of hydrogen-bond acceptors (Lipinski definition) is 6. The summed E-state index contributed by atoms with van der Waals surface area (Å²) in [5, 5.41) is 6.88. The van der Waals surface area contributed by atoms with E-state index in [1.54, 1.807) is 18.5 Å². The zero-order valence-corrected chi connectivity index (χ0v) is 19.8. The number of nitrogens with zero attached hydrogens (tertiary/aromatic N) is 4. The Morgan fingerprint density at radius 2 is 1.84 bits per heavy atom. The van der Waals surface area contributed by atoms with Crippen LogP contribution in [-0.4, -0.2) is 49.9 Å². The van der Waals surface area contributed by atoms with Gasteiger partial charge in [-0.3, -0.25) is 9.78 Å². The molecule has 7 heteroatoms. The summed E-state index contributed by atoms with van der Waals surface area (Å²) in [5.41, 5.74) is 2.05. The fourth-order valence-electron chi connectivity index (χ4n) is 5.71. The van der Waals surface area contributed by atoms with E-state index in [-0.39, 0.29) is 17.0 Å². The summed E-state index contributed by atoms with van der Waals surface area (Å²) in [6.45, 7) is 10.6. The first-order valence-electron chi connectivity index (χ1n) is 11.8. The standard InChI is InChI=1S/C25H36N6O/c1-24(2)14-18(15-25(3,4)30-24)13-22(32)31-12-5-7-19(17-31)21-9-8-20(16-28-21)29-23-26-10-6-11-27-23/h6,8-11,16,18-19,30H,5,7,12-15,17H2,1-4H3,(H,26,27,29). The van der Waals surface area contributed by atoms with Crippen LogP contribution >= 0.6 is 0 Å². The van der Waals surface area contributed by atoms with E-state index < -0.39 is 0 Å². The highest BCUT2D eigenvalue weighted by Gasteiger charge is 2.39. The van der Waals surface area contributed by atoms with Crippen LogP contribution in [0.4, 0.5) is 11.6 Å². The lowest BCUT2D eigenvalue weighted by Gasteiger charge is -2.47. The first-order valence-corrected chi connectivity index (χ1v) is 11.8. The van der Waals surface area contributed by atoms with Gasteiger partial charge in [0.05, 0.1) is 11.9 Å². The Morgan fingerprint density at radius 3 is 2.50 bits per heavy atom. The summed E-state index contributed by atoms with van der Waals surface area (Å²) in [7, 11) is 0. The second-order valence-electron chi connectivity index (χ2n) is 10.7. The smallest absolute Gasteiger partial charge is 0.227 e. The molecule has 4 rings (SSSR count). The Bertz CT molecular complexity index is 896. The maximum absolute atomic E-state index is 13.2. The van der Waals surface area contributed by atoms with Crippen LogP contribution in [0.5, 0.6) is 0 Å². The molecule has 1 atom stereocenters. The third kappa shape index (κ3) is 5.82. The van der Waals surface area contributed by atoms with Crippen molar-refractivity contribution in [1.29, 1.82) is 0 Å². The van der Waals surface area contributed by atoms with Gasteiger partial charge in [0.1, 0.15) is 0 Å². The zero-order chi connectivity index (χ0) is 22.8. The predicted molar refractivity (Wildman–Crippen MR) is 127 cm³/mol. The quantitative estimate of drug-likeness (QED) is 0.728. The SMILES string of the molecule is CC1(C)CC(CC(=O)N2CCCC(c3ccc(Nc4ncccn4)cn3)C2)CC(C)(C)N1. The van der Waals surface area contributed by atoms with Crippen molar-refractivity contribution in [2.45, 2.75) is 76.8 Å². The maximum Gasteiger partial charge on any atom is 0.227 e. The third-order valence-electron chi connectivity index (χ3n) is 6.54. The largest absolute Gasteiger partial charge is 0.342 e. The van der Waals surface area contributed by atoms with Crippen molar-refractivity contribution in [3.05, 3.63) is 42.5 Å². The lowest BCUT2D eigenvalue weighted by molar-refractivity contribution is -0.134. The highest BCUT2D eigenvalue weighted by Crippen LogP contribution is 2.35.